The smallest absolute Gasteiger partial charge is 0.0386 e. The molecule has 0 nitrogen and oxygen atoms in total. The van der Waals surface area contributed by atoms with Gasteiger partial charge >= 0.3 is 0 Å². The van der Waals surface area contributed by atoms with E-state index in [0.29, 0.717) is 0 Å². The Morgan fingerprint density at radius 2 is 0.395 bits per heavy atom. The van der Waals surface area contributed by atoms with E-state index in [9.17, 15) is 0 Å². The van der Waals surface area contributed by atoms with Gasteiger partial charge in [-0.25, -0.2) is 0 Å². The molecule has 43 heavy (non-hydrogen) atoms. The Kier molecular flexibility index (Phi) is 36.8. The van der Waals surface area contributed by atoms with Crippen LogP contribution in [0.1, 0.15) is 238 Å². The molecule has 0 spiro atoms. The highest BCUT2D eigenvalue weighted by Gasteiger charge is 2.24. The highest BCUT2D eigenvalue weighted by Crippen LogP contribution is 2.37. The number of hydrogen-bond donors (Lipinski definition) is 0. The third-order valence-corrected chi connectivity index (χ3v) is 10.9. The SMILES string of the molecule is C.C.CC.CC.CC1CCCC(C)CCC1.CC1CCCC(C2CCCC(C)CCC2)CCC1.CC1CCCCCCC1. The molecule has 4 saturated carbocycles. The van der Waals surface area contributed by atoms with Crippen molar-refractivity contribution in [1.82, 2.24) is 0 Å². The lowest BCUT2D eigenvalue weighted by molar-refractivity contribution is 0.201. The Balaban J connectivity index is -0.000000551. The molecule has 0 aromatic carbocycles. The Labute approximate surface area is 278 Å². The largest absolute Gasteiger partial charge is 0.0776 e. The summed E-state index contributed by atoms with van der Waals surface area (Å²) in [6.07, 6.45) is 37.5. The van der Waals surface area contributed by atoms with Crippen LogP contribution in [0, 0.1) is 41.4 Å². The topological polar surface area (TPSA) is 0 Å². The summed E-state index contributed by atoms with van der Waals surface area (Å²) in [4.78, 5) is 0. The summed E-state index contributed by atoms with van der Waals surface area (Å²) >= 11 is 0. The standard InChI is InChI=1S/C18H34.C10H20.C9H18.2C2H6.2CH4/c1-15-7-3-11-17(12-4-8-15)18-13-5-9-16(2)10-6-14-18;1-9-5-3-7-10(2)8-4-6-9;1-9-7-5-3-2-4-6-8-9;2*1-2;;/h15-18H,3-14H2,1-2H3;9-10H,3-8H2,1-2H3;9H,2-8H2,1H3;2*1-2H3;2*1H4. The first-order valence-corrected chi connectivity index (χ1v) is 19.9. The molecular weight excluding hydrogens is 516 g/mol. The maximum absolute atomic E-state index is 2.46. The van der Waals surface area contributed by atoms with Crippen molar-refractivity contribution >= 4 is 0 Å². The van der Waals surface area contributed by atoms with E-state index in [-0.39, 0.29) is 14.9 Å². The zero-order chi connectivity index (χ0) is 30.7. The van der Waals surface area contributed by atoms with Gasteiger partial charge in [0.15, 0.2) is 0 Å². The van der Waals surface area contributed by atoms with E-state index in [1.807, 2.05) is 27.7 Å². The van der Waals surface area contributed by atoms with Crippen LogP contribution < -0.4 is 0 Å². The van der Waals surface area contributed by atoms with Crippen molar-refractivity contribution in [2.24, 2.45) is 41.4 Å². The van der Waals surface area contributed by atoms with E-state index in [4.69, 9.17) is 0 Å². The van der Waals surface area contributed by atoms with Crippen molar-refractivity contribution in [3.05, 3.63) is 0 Å². The third-order valence-electron chi connectivity index (χ3n) is 10.9. The third kappa shape index (κ3) is 26.9. The molecular formula is C43H92. The molecule has 0 heteroatoms. The van der Waals surface area contributed by atoms with Crippen molar-refractivity contribution in [2.75, 3.05) is 0 Å². The summed E-state index contributed by atoms with van der Waals surface area (Å²) in [5.74, 6) is 7.22. The van der Waals surface area contributed by atoms with Crippen LogP contribution >= 0.6 is 0 Å². The van der Waals surface area contributed by atoms with Crippen molar-refractivity contribution in [3.8, 4) is 0 Å². The molecule has 4 rings (SSSR count). The average Bonchev–Trinajstić information content (AvgIpc) is 2.92. The van der Waals surface area contributed by atoms with Gasteiger partial charge in [-0.3, -0.25) is 0 Å². The lowest BCUT2D eigenvalue weighted by Crippen LogP contribution is -2.19. The Morgan fingerprint density at radius 1 is 0.233 bits per heavy atom. The van der Waals surface area contributed by atoms with Crippen LogP contribution in [-0.4, -0.2) is 0 Å². The summed E-state index contributed by atoms with van der Waals surface area (Å²) in [7, 11) is 0. The van der Waals surface area contributed by atoms with E-state index < -0.39 is 0 Å². The first-order chi connectivity index (χ1) is 19.9. The molecule has 4 aliphatic carbocycles. The fraction of sp³-hybridized carbons (Fsp3) is 1.00. The summed E-state index contributed by atoms with van der Waals surface area (Å²) < 4.78 is 0. The van der Waals surface area contributed by atoms with Crippen LogP contribution in [0.5, 0.6) is 0 Å². The van der Waals surface area contributed by atoms with Gasteiger partial charge < -0.3 is 0 Å². The second-order valence-corrected chi connectivity index (χ2v) is 15.0. The summed E-state index contributed by atoms with van der Waals surface area (Å²) in [6, 6.07) is 0. The lowest BCUT2D eigenvalue weighted by Gasteiger charge is -2.32. The average molecular weight is 609 g/mol. The van der Waals surface area contributed by atoms with Crippen LogP contribution in [0.3, 0.4) is 0 Å². The molecule has 0 saturated heterocycles. The van der Waals surface area contributed by atoms with Crippen molar-refractivity contribution in [3.63, 3.8) is 0 Å². The van der Waals surface area contributed by atoms with E-state index in [1.54, 1.807) is 25.7 Å². The van der Waals surface area contributed by atoms with Crippen LogP contribution in [0.2, 0.25) is 0 Å². The van der Waals surface area contributed by atoms with E-state index in [1.165, 1.54) is 135 Å². The molecule has 4 aliphatic rings. The molecule has 0 aromatic rings. The zero-order valence-electron chi connectivity index (χ0n) is 30.7. The minimum atomic E-state index is 0. The van der Waals surface area contributed by atoms with Crippen molar-refractivity contribution < 1.29 is 0 Å². The lowest BCUT2D eigenvalue weighted by atomic mass is 9.74. The van der Waals surface area contributed by atoms with Gasteiger partial charge in [0, 0.05) is 0 Å². The second kappa shape index (κ2) is 33.4. The highest BCUT2D eigenvalue weighted by atomic mass is 14.3. The normalized spacial score (nSPS) is 30.9. The molecule has 0 aliphatic heterocycles. The first-order valence-electron chi connectivity index (χ1n) is 19.9. The maximum Gasteiger partial charge on any atom is -0.0386 e. The van der Waals surface area contributed by atoms with E-state index >= 15 is 0 Å². The Hall–Kier alpha value is 0. The van der Waals surface area contributed by atoms with Crippen molar-refractivity contribution in [2.45, 2.75) is 238 Å². The molecule has 264 valence electrons. The minimum Gasteiger partial charge on any atom is -0.0776 e. The summed E-state index contributed by atoms with van der Waals surface area (Å²) in [6.45, 7) is 20.1. The number of rotatable bonds is 1. The van der Waals surface area contributed by atoms with Crippen LogP contribution in [0.15, 0.2) is 0 Å². The second-order valence-electron chi connectivity index (χ2n) is 15.0. The predicted octanol–water partition coefficient (Wildman–Crippen LogP) is 16.5. The van der Waals surface area contributed by atoms with E-state index in [0.717, 1.165) is 41.4 Å². The fourth-order valence-electron chi connectivity index (χ4n) is 8.01. The van der Waals surface area contributed by atoms with Crippen LogP contribution in [-0.2, 0) is 0 Å². The zero-order valence-corrected chi connectivity index (χ0v) is 30.7. The first kappa shape index (κ1) is 47.4. The molecule has 0 atom stereocenters. The minimum absolute atomic E-state index is 0. The maximum atomic E-state index is 2.46. The van der Waals surface area contributed by atoms with Gasteiger partial charge in [0.1, 0.15) is 0 Å². The molecule has 0 aromatic heterocycles. The van der Waals surface area contributed by atoms with E-state index in [2.05, 4.69) is 34.6 Å². The molecule has 0 radical (unpaired) electrons. The molecule has 0 amide bonds. The van der Waals surface area contributed by atoms with Gasteiger partial charge in [-0.2, -0.15) is 0 Å². The van der Waals surface area contributed by atoms with Gasteiger partial charge in [-0.05, 0) is 41.4 Å². The van der Waals surface area contributed by atoms with Gasteiger partial charge in [0.25, 0.3) is 0 Å². The molecule has 0 heterocycles. The highest BCUT2D eigenvalue weighted by molar-refractivity contribution is 4.76. The van der Waals surface area contributed by atoms with Crippen LogP contribution in [0.25, 0.3) is 0 Å². The molecule has 0 N–H and O–H groups in total. The Bertz CT molecular complexity index is 436. The monoisotopic (exact) mass is 609 g/mol. The van der Waals surface area contributed by atoms with Gasteiger partial charge in [-0.15, -0.1) is 0 Å². The molecule has 0 bridgehead atoms. The number of hydrogen-bond acceptors (Lipinski definition) is 0. The van der Waals surface area contributed by atoms with Gasteiger partial charge in [0.2, 0.25) is 0 Å². The van der Waals surface area contributed by atoms with Gasteiger partial charge in [-0.1, -0.05) is 238 Å². The van der Waals surface area contributed by atoms with Crippen LogP contribution in [0.4, 0.5) is 0 Å². The quantitative estimate of drug-likeness (QED) is 0.278. The molecule has 4 fully saturated rings. The summed E-state index contributed by atoms with van der Waals surface area (Å²) in [5, 5.41) is 0. The Morgan fingerprint density at radius 3 is 0.628 bits per heavy atom. The fourth-order valence-corrected chi connectivity index (χ4v) is 8.01. The molecule has 0 unspecified atom stereocenters. The summed E-state index contributed by atoms with van der Waals surface area (Å²) in [5.41, 5.74) is 0. The van der Waals surface area contributed by atoms with Gasteiger partial charge in [0.05, 0.1) is 0 Å². The predicted molar refractivity (Wildman–Crippen MR) is 204 cm³/mol. The van der Waals surface area contributed by atoms with Crippen molar-refractivity contribution in [1.29, 1.82) is 0 Å².